The van der Waals surface area contributed by atoms with Crippen molar-refractivity contribution in [2.24, 2.45) is 5.92 Å². The van der Waals surface area contributed by atoms with Crippen LogP contribution in [0.4, 0.5) is 11.6 Å². The molecule has 1 atom stereocenters. The number of sulfone groups is 1. The van der Waals surface area contributed by atoms with E-state index in [1.807, 2.05) is 24.3 Å². The minimum atomic E-state index is -3.83. The summed E-state index contributed by atoms with van der Waals surface area (Å²) in [5.74, 6) is -0.530. The normalized spacial score (nSPS) is 17.1. The highest BCUT2D eigenvalue weighted by Gasteiger charge is 2.51. The molecule has 1 N–H and O–H groups in total. The van der Waals surface area contributed by atoms with E-state index in [1.54, 1.807) is 39.0 Å². The number of hydrogen-bond acceptors (Lipinski definition) is 5. The Hall–Kier alpha value is -2.40. The van der Waals surface area contributed by atoms with E-state index >= 15 is 0 Å². The number of carbonyl (C=O) groups excluding carboxylic acids is 2. The zero-order valence-corrected chi connectivity index (χ0v) is 25.7. The van der Waals surface area contributed by atoms with Gasteiger partial charge in [-0.3, -0.25) is 14.2 Å². The Balaban J connectivity index is 1.70. The second kappa shape index (κ2) is 11.6. The standard InChI is InChI=1S/C27H29BrCl2N4O4S/c1-17(2)24(35)31-10-4-5-11-39(37,38)23-16-32-26-33(22-13-20(29)12-21(30)14-22)25(36)27(3,34(23)26)15-18-6-8-19(28)9-7-18/h6-9,12-14,16-17H,4-5,10-11,15H2,1-3H3,(H,31,35)/t27-/m1/s1. The summed E-state index contributed by atoms with van der Waals surface area (Å²) in [6, 6.07) is 12.3. The molecule has 0 fully saturated rings. The summed E-state index contributed by atoms with van der Waals surface area (Å²) < 4.78 is 29.6. The van der Waals surface area contributed by atoms with Gasteiger partial charge in [0.2, 0.25) is 11.9 Å². The highest BCUT2D eigenvalue weighted by molar-refractivity contribution is 9.10. The van der Waals surface area contributed by atoms with Crippen molar-refractivity contribution in [3.8, 4) is 0 Å². The molecule has 2 amide bonds. The number of aromatic nitrogens is 2. The summed E-state index contributed by atoms with van der Waals surface area (Å²) >= 11 is 15.9. The Bertz CT molecular complexity index is 1490. The molecule has 0 radical (unpaired) electrons. The summed E-state index contributed by atoms with van der Waals surface area (Å²) in [4.78, 5) is 31.6. The number of benzene rings is 2. The van der Waals surface area contributed by atoms with Gasteiger partial charge in [-0.25, -0.2) is 18.3 Å². The van der Waals surface area contributed by atoms with Crippen molar-refractivity contribution >= 4 is 72.4 Å². The van der Waals surface area contributed by atoms with Gasteiger partial charge >= 0.3 is 0 Å². The van der Waals surface area contributed by atoms with E-state index in [9.17, 15) is 18.0 Å². The average molecular weight is 656 g/mol. The number of carbonyl (C=O) groups is 2. The molecule has 0 aliphatic carbocycles. The third-order valence-corrected chi connectivity index (χ3v) is 9.33. The zero-order chi connectivity index (χ0) is 28.5. The van der Waals surface area contributed by atoms with Crippen LogP contribution in [0.25, 0.3) is 0 Å². The van der Waals surface area contributed by atoms with Crippen molar-refractivity contribution in [1.82, 2.24) is 14.9 Å². The number of unbranched alkanes of at least 4 members (excludes halogenated alkanes) is 1. The Kier molecular flexibility index (Phi) is 8.80. The molecule has 0 unspecified atom stereocenters. The van der Waals surface area contributed by atoms with E-state index in [-0.39, 0.29) is 40.9 Å². The van der Waals surface area contributed by atoms with Crippen LogP contribution in [-0.2, 0) is 31.4 Å². The molecule has 208 valence electrons. The third kappa shape index (κ3) is 6.19. The maximum Gasteiger partial charge on any atom is 0.260 e. The van der Waals surface area contributed by atoms with Crippen molar-refractivity contribution in [3.63, 3.8) is 0 Å². The van der Waals surface area contributed by atoms with Crippen molar-refractivity contribution in [3.05, 3.63) is 68.7 Å². The number of nitrogens with one attached hydrogen (secondary N) is 1. The minimum absolute atomic E-state index is 0.0349. The highest BCUT2D eigenvalue weighted by Crippen LogP contribution is 2.44. The predicted molar refractivity (Wildman–Crippen MR) is 156 cm³/mol. The van der Waals surface area contributed by atoms with Gasteiger partial charge in [0.1, 0.15) is 5.54 Å². The number of fused-ring (bicyclic) bond motifs is 1. The first-order valence-corrected chi connectivity index (χ1v) is 15.7. The van der Waals surface area contributed by atoms with Crippen LogP contribution in [0.1, 0.15) is 39.2 Å². The van der Waals surface area contributed by atoms with Crippen LogP contribution in [0.15, 0.2) is 58.2 Å². The van der Waals surface area contributed by atoms with Gasteiger partial charge in [0.15, 0.2) is 14.9 Å². The van der Waals surface area contributed by atoms with Crippen molar-refractivity contribution in [2.75, 3.05) is 17.2 Å². The molecule has 8 nitrogen and oxygen atoms in total. The van der Waals surface area contributed by atoms with Gasteiger partial charge in [-0.2, -0.15) is 0 Å². The number of anilines is 2. The Morgan fingerprint density at radius 3 is 2.36 bits per heavy atom. The topological polar surface area (TPSA) is 101 Å². The monoisotopic (exact) mass is 654 g/mol. The lowest BCUT2D eigenvalue weighted by Gasteiger charge is -2.26. The molecule has 2 heterocycles. The maximum absolute atomic E-state index is 14.1. The van der Waals surface area contributed by atoms with E-state index in [2.05, 4.69) is 26.2 Å². The summed E-state index contributed by atoms with van der Waals surface area (Å²) in [6.07, 6.45) is 2.38. The largest absolute Gasteiger partial charge is 0.356 e. The second-order valence-corrected chi connectivity index (χ2v) is 13.9. The van der Waals surface area contributed by atoms with E-state index < -0.39 is 15.4 Å². The first-order chi connectivity index (χ1) is 18.3. The van der Waals surface area contributed by atoms with Crippen molar-refractivity contribution < 1.29 is 18.0 Å². The molecule has 0 spiro atoms. The Morgan fingerprint density at radius 2 is 1.74 bits per heavy atom. The molecule has 1 aliphatic heterocycles. The van der Waals surface area contributed by atoms with Gasteiger partial charge in [0.05, 0.1) is 17.6 Å². The van der Waals surface area contributed by atoms with Crippen LogP contribution in [0.3, 0.4) is 0 Å². The number of rotatable bonds is 10. The quantitative estimate of drug-likeness (QED) is 0.274. The molecule has 0 saturated heterocycles. The van der Waals surface area contributed by atoms with Gasteiger partial charge in [-0.05, 0) is 55.7 Å². The molecule has 12 heteroatoms. The van der Waals surface area contributed by atoms with Crippen molar-refractivity contribution in [1.29, 1.82) is 0 Å². The van der Waals surface area contributed by atoms with Gasteiger partial charge in [-0.15, -0.1) is 0 Å². The Morgan fingerprint density at radius 1 is 1.10 bits per heavy atom. The summed E-state index contributed by atoms with van der Waals surface area (Å²) in [7, 11) is -3.83. The lowest BCUT2D eigenvalue weighted by atomic mass is 9.92. The van der Waals surface area contributed by atoms with Gasteiger partial charge in [-0.1, -0.05) is 65.1 Å². The van der Waals surface area contributed by atoms with Crippen LogP contribution in [0, 0.1) is 5.92 Å². The average Bonchev–Trinajstić information content (AvgIpc) is 3.38. The molecular formula is C27H29BrCl2N4O4S. The molecule has 3 aromatic rings. The fourth-order valence-electron chi connectivity index (χ4n) is 4.59. The predicted octanol–water partition coefficient (Wildman–Crippen LogP) is 5.91. The van der Waals surface area contributed by atoms with Crippen LogP contribution < -0.4 is 10.2 Å². The van der Waals surface area contributed by atoms with Crippen LogP contribution in [-0.4, -0.2) is 42.1 Å². The van der Waals surface area contributed by atoms with E-state index in [0.29, 0.717) is 35.1 Å². The third-order valence-electron chi connectivity index (χ3n) is 6.62. The van der Waals surface area contributed by atoms with E-state index in [4.69, 9.17) is 23.2 Å². The summed E-state index contributed by atoms with van der Waals surface area (Å²) in [6.45, 7) is 5.70. The first-order valence-electron chi connectivity index (χ1n) is 12.5. The van der Waals surface area contributed by atoms with Gasteiger partial charge in [0.25, 0.3) is 5.91 Å². The van der Waals surface area contributed by atoms with Gasteiger partial charge in [0, 0.05) is 33.4 Å². The number of nitrogens with zero attached hydrogens (tertiary/aromatic N) is 3. The number of hydrogen-bond donors (Lipinski definition) is 1. The highest BCUT2D eigenvalue weighted by atomic mass is 79.9. The smallest absolute Gasteiger partial charge is 0.260 e. The molecule has 39 heavy (non-hydrogen) atoms. The molecular weight excluding hydrogens is 627 g/mol. The molecule has 2 aromatic carbocycles. The summed E-state index contributed by atoms with van der Waals surface area (Å²) in [5.41, 5.74) is -0.0418. The fraction of sp³-hybridized carbons (Fsp3) is 0.370. The lowest BCUT2D eigenvalue weighted by Crippen LogP contribution is -2.42. The molecule has 0 bridgehead atoms. The van der Waals surface area contributed by atoms with Crippen LogP contribution in [0.5, 0.6) is 0 Å². The van der Waals surface area contributed by atoms with Crippen molar-refractivity contribution in [2.45, 2.75) is 50.6 Å². The molecule has 1 aliphatic rings. The van der Waals surface area contributed by atoms with E-state index in [1.165, 1.54) is 15.7 Å². The van der Waals surface area contributed by atoms with Crippen LogP contribution in [0.2, 0.25) is 10.0 Å². The minimum Gasteiger partial charge on any atom is -0.356 e. The zero-order valence-electron chi connectivity index (χ0n) is 21.7. The first kappa shape index (κ1) is 29.6. The second-order valence-electron chi connectivity index (χ2n) is 10.0. The van der Waals surface area contributed by atoms with E-state index in [0.717, 1.165) is 10.0 Å². The Labute approximate surface area is 246 Å². The fourth-order valence-corrected chi connectivity index (χ4v) is 6.93. The SMILES string of the molecule is CC(C)C(=O)NCCCCS(=O)(=O)c1cnc2n1[C@](C)(Cc1ccc(Br)cc1)C(=O)N2c1cc(Cl)cc(Cl)c1. The van der Waals surface area contributed by atoms with Gasteiger partial charge < -0.3 is 5.32 Å². The van der Waals surface area contributed by atoms with Crippen LogP contribution >= 0.6 is 39.1 Å². The lowest BCUT2D eigenvalue weighted by molar-refractivity contribution is -0.124. The molecule has 4 rings (SSSR count). The number of imidazole rings is 1. The maximum atomic E-state index is 14.1. The number of amides is 2. The summed E-state index contributed by atoms with van der Waals surface area (Å²) in [5, 5.41) is 3.44. The number of halogens is 3. The molecule has 1 aromatic heterocycles. The molecule has 0 saturated carbocycles.